The molecule has 1 aliphatic carbocycles. The van der Waals surface area contributed by atoms with Gasteiger partial charge in [-0.3, -0.25) is 4.79 Å². The lowest BCUT2D eigenvalue weighted by Crippen LogP contribution is -2.43. The number of nitrogens with one attached hydrogen (secondary N) is 1. The SMILES string of the molecule is Cc1ccc(S(=O)(=O)NC2CC2)cc1C(=O)N1CCC(N)CC1. The predicted molar refractivity (Wildman–Crippen MR) is 87.6 cm³/mol. The Morgan fingerprint density at radius 1 is 1.22 bits per heavy atom. The highest BCUT2D eigenvalue weighted by molar-refractivity contribution is 7.89. The van der Waals surface area contributed by atoms with E-state index in [9.17, 15) is 13.2 Å². The molecule has 1 saturated carbocycles. The standard InChI is InChI=1S/C16H23N3O3S/c1-11-2-5-14(23(21,22)18-13-3-4-13)10-15(11)16(20)19-8-6-12(17)7-9-19/h2,5,10,12-13,18H,3-4,6-9,17H2,1H3. The molecule has 6 nitrogen and oxygen atoms in total. The van der Waals surface area contributed by atoms with Gasteiger partial charge in [0, 0.05) is 30.7 Å². The lowest BCUT2D eigenvalue weighted by molar-refractivity contribution is 0.0714. The molecule has 126 valence electrons. The average molecular weight is 337 g/mol. The zero-order valence-electron chi connectivity index (χ0n) is 13.3. The van der Waals surface area contributed by atoms with E-state index >= 15 is 0 Å². The molecule has 1 heterocycles. The van der Waals surface area contributed by atoms with E-state index in [1.807, 2.05) is 6.92 Å². The number of aryl methyl sites for hydroxylation is 1. The monoisotopic (exact) mass is 337 g/mol. The highest BCUT2D eigenvalue weighted by Gasteiger charge is 2.29. The Balaban J connectivity index is 1.84. The third kappa shape index (κ3) is 3.73. The van der Waals surface area contributed by atoms with Crippen LogP contribution in [0.1, 0.15) is 41.6 Å². The van der Waals surface area contributed by atoms with Crippen molar-refractivity contribution in [1.82, 2.24) is 9.62 Å². The number of nitrogens with two attached hydrogens (primary N) is 1. The summed E-state index contributed by atoms with van der Waals surface area (Å²) in [5, 5.41) is 0. The van der Waals surface area contributed by atoms with Crippen LogP contribution in [0, 0.1) is 6.92 Å². The molecule has 0 radical (unpaired) electrons. The van der Waals surface area contributed by atoms with Gasteiger partial charge in [0.15, 0.2) is 0 Å². The molecule has 1 aromatic rings. The molecule has 0 aromatic heterocycles. The van der Waals surface area contributed by atoms with E-state index in [1.54, 1.807) is 17.0 Å². The van der Waals surface area contributed by atoms with Gasteiger partial charge in [-0.2, -0.15) is 0 Å². The number of carbonyl (C=O) groups is 1. The van der Waals surface area contributed by atoms with Gasteiger partial charge < -0.3 is 10.6 Å². The molecule has 7 heteroatoms. The van der Waals surface area contributed by atoms with Gasteiger partial charge in [-0.25, -0.2) is 13.1 Å². The zero-order chi connectivity index (χ0) is 16.6. The smallest absolute Gasteiger partial charge is 0.254 e. The fourth-order valence-corrected chi connectivity index (χ4v) is 4.09. The number of nitrogens with zero attached hydrogens (tertiary/aromatic N) is 1. The van der Waals surface area contributed by atoms with Crippen molar-refractivity contribution in [1.29, 1.82) is 0 Å². The zero-order valence-corrected chi connectivity index (χ0v) is 14.1. The molecule has 1 aliphatic heterocycles. The highest BCUT2D eigenvalue weighted by atomic mass is 32.2. The second kappa shape index (κ2) is 6.22. The Labute approximate surface area is 137 Å². The van der Waals surface area contributed by atoms with Gasteiger partial charge in [0.2, 0.25) is 10.0 Å². The number of carbonyl (C=O) groups excluding carboxylic acids is 1. The Hall–Kier alpha value is -1.44. The molecule has 1 aromatic carbocycles. The van der Waals surface area contributed by atoms with E-state index in [0.717, 1.165) is 31.2 Å². The second-order valence-electron chi connectivity index (χ2n) is 6.50. The van der Waals surface area contributed by atoms with E-state index in [-0.39, 0.29) is 22.9 Å². The molecule has 23 heavy (non-hydrogen) atoms. The molecule has 0 spiro atoms. The number of piperidine rings is 1. The fraction of sp³-hybridized carbons (Fsp3) is 0.562. The Bertz CT molecular complexity index is 705. The van der Waals surface area contributed by atoms with Crippen LogP contribution in [-0.4, -0.2) is 44.4 Å². The molecule has 1 saturated heterocycles. The second-order valence-corrected chi connectivity index (χ2v) is 8.22. The van der Waals surface area contributed by atoms with Gasteiger partial charge in [-0.1, -0.05) is 6.07 Å². The van der Waals surface area contributed by atoms with Gasteiger partial charge in [-0.05, 0) is 50.3 Å². The minimum Gasteiger partial charge on any atom is -0.339 e. The van der Waals surface area contributed by atoms with Gasteiger partial charge >= 0.3 is 0 Å². The van der Waals surface area contributed by atoms with Crippen LogP contribution in [0.5, 0.6) is 0 Å². The number of likely N-dealkylation sites (tertiary alicyclic amines) is 1. The predicted octanol–water partition coefficient (Wildman–Crippen LogP) is 0.999. The maximum Gasteiger partial charge on any atom is 0.254 e. The normalized spacial score (nSPS) is 19.8. The molecular formula is C16H23N3O3S. The molecular weight excluding hydrogens is 314 g/mol. The van der Waals surface area contributed by atoms with E-state index in [0.29, 0.717) is 18.7 Å². The van der Waals surface area contributed by atoms with Crippen molar-refractivity contribution in [2.45, 2.75) is 49.6 Å². The number of rotatable bonds is 4. The van der Waals surface area contributed by atoms with Crippen LogP contribution in [0.15, 0.2) is 23.1 Å². The maximum absolute atomic E-state index is 12.7. The number of amides is 1. The van der Waals surface area contributed by atoms with Crippen molar-refractivity contribution in [3.05, 3.63) is 29.3 Å². The summed E-state index contributed by atoms with van der Waals surface area (Å²) in [5.74, 6) is -0.113. The summed E-state index contributed by atoms with van der Waals surface area (Å²) < 4.78 is 27.3. The van der Waals surface area contributed by atoms with Gasteiger partial charge in [-0.15, -0.1) is 0 Å². The quantitative estimate of drug-likeness (QED) is 0.857. The van der Waals surface area contributed by atoms with Gasteiger partial charge in [0.05, 0.1) is 4.90 Å². The summed E-state index contributed by atoms with van der Waals surface area (Å²) in [5.41, 5.74) is 7.12. The number of hydrogen-bond acceptors (Lipinski definition) is 4. The van der Waals surface area contributed by atoms with Crippen molar-refractivity contribution < 1.29 is 13.2 Å². The lowest BCUT2D eigenvalue weighted by atomic mass is 10.0. The van der Waals surface area contributed by atoms with Crippen molar-refractivity contribution >= 4 is 15.9 Å². The first-order valence-electron chi connectivity index (χ1n) is 8.04. The maximum atomic E-state index is 12.7. The van der Waals surface area contributed by atoms with E-state index in [4.69, 9.17) is 5.73 Å². The first-order valence-corrected chi connectivity index (χ1v) is 9.53. The van der Waals surface area contributed by atoms with E-state index in [1.165, 1.54) is 6.07 Å². The third-order valence-corrected chi connectivity index (χ3v) is 5.99. The fourth-order valence-electron chi connectivity index (χ4n) is 2.76. The van der Waals surface area contributed by atoms with Crippen LogP contribution in [0.25, 0.3) is 0 Å². The summed E-state index contributed by atoms with van der Waals surface area (Å²) in [6.45, 7) is 3.07. The van der Waals surface area contributed by atoms with Crippen LogP contribution in [-0.2, 0) is 10.0 Å². The molecule has 3 N–H and O–H groups in total. The average Bonchev–Trinajstić information content (AvgIpc) is 3.31. The largest absolute Gasteiger partial charge is 0.339 e. The third-order valence-electron chi connectivity index (χ3n) is 4.48. The summed E-state index contributed by atoms with van der Waals surface area (Å²) in [6.07, 6.45) is 3.33. The number of benzene rings is 1. The molecule has 0 atom stereocenters. The molecule has 0 bridgehead atoms. The minimum atomic E-state index is -3.55. The van der Waals surface area contributed by atoms with Gasteiger partial charge in [0.25, 0.3) is 5.91 Å². The molecule has 2 fully saturated rings. The molecule has 1 amide bonds. The van der Waals surface area contributed by atoms with Crippen LogP contribution in [0.4, 0.5) is 0 Å². The van der Waals surface area contributed by atoms with Crippen molar-refractivity contribution in [2.24, 2.45) is 5.73 Å². The topological polar surface area (TPSA) is 92.5 Å². The van der Waals surface area contributed by atoms with Crippen LogP contribution in [0.2, 0.25) is 0 Å². The highest BCUT2D eigenvalue weighted by Crippen LogP contribution is 2.24. The van der Waals surface area contributed by atoms with Gasteiger partial charge in [0.1, 0.15) is 0 Å². The van der Waals surface area contributed by atoms with Crippen LogP contribution >= 0.6 is 0 Å². The first-order chi connectivity index (χ1) is 10.9. The summed E-state index contributed by atoms with van der Waals surface area (Å²) >= 11 is 0. The summed E-state index contributed by atoms with van der Waals surface area (Å²) in [6, 6.07) is 4.95. The molecule has 0 unspecified atom stereocenters. The Morgan fingerprint density at radius 2 is 1.87 bits per heavy atom. The van der Waals surface area contributed by atoms with E-state index < -0.39 is 10.0 Å². The van der Waals surface area contributed by atoms with Crippen LogP contribution in [0.3, 0.4) is 0 Å². The van der Waals surface area contributed by atoms with E-state index in [2.05, 4.69) is 4.72 Å². The number of sulfonamides is 1. The first kappa shape index (κ1) is 16.4. The Kier molecular flexibility index (Phi) is 4.44. The molecule has 3 rings (SSSR count). The lowest BCUT2D eigenvalue weighted by Gasteiger charge is -2.30. The van der Waals surface area contributed by atoms with Crippen molar-refractivity contribution in [3.63, 3.8) is 0 Å². The summed E-state index contributed by atoms with van der Waals surface area (Å²) in [7, 11) is -3.55. The molecule has 2 aliphatic rings. The minimum absolute atomic E-state index is 0.0454. The summed E-state index contributed by atoms with van der Waals surface area (Å²) in [4.78, 5) is 14.6. The van der Waals surface area contributed by atoms with Crippen molar-refractivity contribution in [2.75, 3.05) is 13.1 Å². The number of hydrogen-bond donors (Lipinski definition) is 2. The van der Waals surface area contributed by atoms with Crippen molar-refractivity contribution in [3.8, 4) is 0 Å². The Morgan fingerprint density at radius 3 is 2.48 bits per heavy atom. The van der Waals surface area contributed by atoms with Crippen LogP contribution < -0.4 is 10.5 Å².